The van der Waals surface area contributed by atoms with Gasteiger partial charge in [0.05, 0.1) is 5.60 Å². The third-order valence-corrected chi connectivity index (χ3v) is 0. The van der Waals surface area contributed by atoms with E-state index < -0.39 is 5.60 Å². The van der Waals surface area contributed by atoms with Crippen molar-refractivity contribution in [3.63, 3.8) is 0 Å². The quantitative estimate of drug-likeness (QED) is 0.535. The Labute approximate surface area is 113 Å². The Morgan fingerprint density at radius 2 is 0.647 bits per heavy atom. The Morgan fingerprint density at radius 1 is 0.647 bits per heavy atom. The van der Waals surface area contributed by atoms with Crippen LogP contribution in [0.15, 0.2) is 0 Å². The van der Waals surface area contributed by atoms with Gasteiger partial charge in [-0.05, 0) is 26.2 Å². The Balaban J connectivity index is -0.0000000377. The van der Waals surface area contributed by atoms with Gasteiger partial charge in [0.1, 0.15) is 0 Å². The molecular formula is C16H42O. The van der Waals surface area contributed by atoms with Crippen molar-refractivity contribution in [1.29, 1.82) is 0 Å². The van der Waals surface area contributed by atoms with Crippen molar-refractivity contribution >= 4 is 0 Å². The maximum absolute atomic E-state index is 8.52. The molecule has 0 heterocycles. The van der Waals surface area contributed by atoms with Crippen molar-refractivity contribution in [2.24, 2.45) is 5.41 Å². The van der Waals surface area contributed by atoms with Crippen LogP contribution in [0.5, 0.6) is 0 Å². The molecule has 0 aliphatic carbocycles. The molecule has 0 aromatic heterocycles. The lowest BCUT2D eigenvalue weighted by atomic mass is 10.0. The summed E-state index contributed by atoms with van der Waals surface area (Å²) in [5.74, 6) is 0. The van der Waals surface area contributed by atoms with E-state index in [2.05, 4.69) is 41.5 Å². The molecule has 0 radical (unpaired) electrons. The highest BCUT2D eigenvalue weighted by Crippen LogP contribution is 2.08. The minimum absolute atomic E-state index is 0.500. The van der Waals surface area contributed by atoms with Gasteiger partial charge in [-0.15, -0.1) is 0 Å². The normalized spacial score (nSPS) is 8.82. The van der Waals surface area contributed by atoms with Crippen molar-refractivity contribution in [2.45, 2.75) is 102 Å². The SMILES string of the molecule is CC.CC.CC(C)(C)C.CC(C)(C)O.CCC. The monoisotopic (exact) mass is 250 g/mol. The van der Waals surface area contributed by atoms with Crippen LogP contribution in [0.2, 0.25) is 0 Å². The van der Waals surface area contributed by atoms with Crippen LogP contribution in [0.4, 0.5) is 0 Å². The fourth-order valence-electron chi connectivity index (χ4n) is 0. The van der Waals surface area contributed by atoms with Crippen LogP contribution in [-0.2, 0) is 0 Å². The third-order valence-electron chi connectivity index (χ3n) is 0. The zero-order chi connectivity index (χ0) is 15.7. The van der Waals surface area contributed by atoms with Gasteiger partial charge in [-0.3, -0.25) is 0 Å². The first-order chi connectivity index (χ1) is 7.41. The van der Waals surface area contributed by atoms with Crippen LogP contribution in [0, 0.1) is 5.41 Å². The predicted octanol–water partition coefficient (Wildman–Crippen LogP) is 6.30. The van der Waals surface area contributed by atoms with Crippen LogP contribution in [0.1, 0.15) is 96.4 Å². The third kappa shape index (κ3) is 1940000. The Kier molecular flexibility index (Phi) is 37.8. The molecule has 0 saturated carbocycles. The van der Waals surface area contributed by atoms with Crippen molar-refractivity contribution in [2.75, 3.05) is 0 Å². The average Bonchev–Trinajstić information content (AvgIpc) is 2.06. The number of hydrogen-bond acceptors (Lipinski definition) is 1. The Morgan fingerprint density at radius 3 is 0.647 bits per heavy atom. The van der Waals surface area contributed by atoms with Gasteiger partial charge in [0.25, 0.3) is 0 Å². The summed E-state index contributed by atoms with van der Waals surface area (Å²) in [5, 5.41) is 8.52. The van der Waals surface area contributed by atoms with Crippen molar-refractivity contribution in [3.05, 3.63) is 0 Å². The van der Waals surface area contributed by atoms with Gasteiger partial charge in [0, 0.05) is 0 Å². The van der Waals surface area contributed by atoms with Gasteiger partial charge in [-0.25, -0.2) is 0 Å². The lowest BCUT2D eigenvalue weighted by Crippen LogP contribution is -2.10. The number of rotatable bonds is 0. The molecule has 0 aliphatic heterocycles. The molecule has 0 amide bonds. The first-order valence-corrected chi connectivity index (χ1v) is 7.14. The van der Waals surface area contributed by atoms with E-state index in [1.807, 2.05) is 27.7 Å². The van der Waals surface area contributed by atoms with E-state index in [4.69, 9.17) is 5.11 Å². The zero-order valence-corrected chi connectivity index (χ0v) is 15.2. The van der Waals surface area contributed by atoms with E-state index >= 15 is 0 Å². The van der Waals surface area contributed by atoms with E-state index in [0.29, 0.717) is 5.41 Å². The average molecular weight is 251 g/mol. The van der Waals surface area contributed by atoms with Crippen LogP contribution in [0.3, 0.4) is 0 Å². The van der Waals surface area contributed by atoms with Crippen molar-refractivity contribution in [3.8, 4) is 0 Å². The maximum Gasteiger partial charge on any atom is 0.0563 e. The smallest absolute Gasteiger partial charge is 0.0563 e. The fourth-order valence-corrected chi connectivity index (χ4v) is 0. The standard InChI is InChI=1S/C5H12.C4H10O.C3H8.2C2H6/c1-5(2,3)4;1-4(2,3)5;1-3-2;2*1-2/h1-4H3;5H,1-3H3;3H2,1-2H3;2*1-2H3. The maximum atomic E-state index is 8.52. The summed E-state index contributed by atoms with van der Waals surface area (Å²) in [4.78, 5) is 0. The molecule has 1 N–H and O–H groups in total. The van der Waals surface area contributed by atoms with Crippen molar-refractivity contribution in [1.82, 2.24) is 0 Å². The zero-order valence-electron chi connectivity index (χ0n) is 15.2. The highest BCUT2D eigenvalue weighted by Gasteiger charge is 1.97. The summed E-state index contributed by atoms with van der Waals surface area (Å²) in [6.07, 6.45) is 1.25. The summed E-state index contributed by atoms with van der Waals surface area (Å²) in [7, 11) is 0. The molecule has 1 nitrogen and oxygen atoms in total. The molecule has 0 unspecified atom stereocenters. The minimum atomic E-state index is -0.500. The fraction of sp³-hybridized carbons (Fsp3) is 1.00. The molecule has 0 rings (SSSR count). The topological polar surface area (TPSA) is 20.2 Å². The summed E-state index contributed by atoms with van der Waals surface area (Å²) in [5.41, 5.74) is 0. The second-order valence-electron chi connectivity index (χ2n) is 5.88. The van der Waals surface area contributed by atoms with E-state index in [1.54, 1.807) is 20.8 Å². The Hall–Kier alpha value is -0.0400. The summed E-state index contributed by atoms with van der Waals surface area (Å²) < 4.78 is 0. The van der Waals surface area contributed by atoms with Gasteiger partial charge >= 0.3 is 0 Å². The molecule has 0 bridgehead atoms. The molecule has 0 aliphatic rings. The number of hydrogen-bond donors (Lipinski definition) is 1. The van der Waals surface area contributed by atoms with Crippen molar-refractivity contribution < 1.29 is 5.11 Å². The van der Waals surface area contributed by atoms with Gasteiger partial charge in [0.2, 0.25) is 0 Å². The second-order valence-corrected chi connectivity index (χ2v) is 5.88. The highest BCUT2D eigenvalue weighted by molar-refractivity contribution is 4.50. The molecule has 1 heteroatoms. The van der Waals surface area contributed by atoms with E-state index in [1.165, 1.54) is 6.42 Å². The van der Waals surface area contributed by atoms with E-state index in [-0.39, 0.29) is 0 Å². The molecule has 0 spiro atoms. The first kappa shape index (κ1) is 30.2. The van der Waals surface area contributed by atoms with E-state index in [9.17, 15) is 0 Å². The molecule has 0 aromatic rings. The molecule has 112 valence electrons. The van der Waals surface area contributed by atoms with Crippen LogP contribution in [-0.4, -0.2) is 10.7 Å². The van der Waals surface area contributed by atoms with Gasteiger partial charge in [-0.2, -0.15) is 0 Å². The lowest BCUT2D eigenvalue weighted by molar-refractivity contribution is 0.102. The molecule has 0 atom stereocenters. The molecule has 0 fully saturated rings. The molecule has 0 saturated heterocycles. The summed E-state index contributed by atoms with van der Waals surface area (Å²) in [6.45, 7) is 26.2. The predicted molar refractivity (Wildman–Crippen MR) is 85.8 cm³/mol. The largest absolute Gasteiger partial charge is 0.391 e. The Bertz CT molecular complexity index is 58.7. The molecular weight excluding hydrogens is 208 g/mol. The molecule has 17 heavy (non-hydrogen) atoms. The van der Waals surface area contributed by atoms with Gasteiger partial charge in [0.15, 0.2) is 0 Å². The summed E-state index contributed by atoms with van der Waals surface area (Å²) in [6, 6.07) is 0. The van der Waals surface area contributed by atoms with Gasteiger partial charge < -0.3 is 5.11 Å². The number of aliphatic hydroxyl groups is 1. The van der Waals surface area contributed by atoms with E-state index in [0.717, 1.165) is 0 Å². The summed E-state index contributed by atoms with van der Waals surface area (Å²) >= 11 is 0. The van der Waals surface area contributed by atoms with Crippen LogP contribution in [0.25, 0.3) is 0 Å². The van der Waals surface area contributed by atoms with Gasteiger partial charge in [-0.1, -0.05) is 75.7 Å². The first-order valence-electron chi connectivity index (χ1n) is 7.14. The van der Waals surface area contributed by atoms with Crippen LogP contribution >= 0.6 is 0 Å². The lowest BCUT2D eigenvalue weighted by Gasteiger charge is -2.05. The van der Waals surface area contributed by atoms with Crippen LogP contribution < -0.4 is 0 Å². The highest BCUT2D eigenvalue weighted by atomic mass is 16.3. The molecule has 0 aromatic carbocycles. The second kappa shape index (κ2) is 21.3. The minimum Gasteiger partial charge on any atom is -0.391 e.